The first-order valence-corrected chi connectivity index (χ1v) is 6.30. The van der Waals surface area contributed by atoms with Gasteiger partial charge >= 0.3 is 5.97 Å². The van der Waals surface area contributed by atoms with Crippen LogP contribution in [0.5, 0.6) is 0 Å². The van der Waals surface area contributed by atoms with E-state index in [1.807, 2.05) is 0 Å². The summed E-state index contributed by atoms with van der Waals surface area (Å²) in [5.41, 5.74) is -0.0422. The summed E-state index contributed by atoms with van der Waals surface area (Å²) >= 11 is 3.04. The summed E-state index contributed by atoms with van der Waals surface area (Å²) in [6.45, 7) is 0.484. The lowest BCUT2D eigenvalue weighted by Crippen LogP contribution is -2.48. The first kappa shape index (κ1) is 13.8. The van der Waals surface area contributed by atoms with Crippen molar-refractivity contribution >= 4 is 27.8 Å². The van der Waals surface area contributed by atoms with Crippen LogP contribution in [-0.4, -0.2) is 52.7 Å². The zero-order chi connectivity index (χ0) is 14.0. The summed E-state index contributed by atoms with van der Waals surface area (Å²) in [6.07, 6.45) is 0.296. The molecule has 1 aromatic rings. The average molecular weight is 331 g/mol. The Bertz CT molecular complexity index is 570. The van der Waals surface area contributed by atoms with Gasteiger partial charge in [-0.25, -0.2) is 4.79 Å². The average Bonchev–Trinajstić information content (AvgIpc) is 2.41. The SMILES string of the molecule is O=C(O)C1CN(C(=O)c2c[nH]c(=O)c(Br)c2)CCO1. The largest absolute Gasteiger partial charge is 0.479 e. The predicted octanol–water partition coefficient (Wildman–Crippen LogP) is 0.0630. The Labute approximate surface area is 116 Å². The molecule has 0 aliphatic carbocycles. The first-order valence-electron chi connectivity index (χ1n) is 5.51. The maximum Gasteiger partial charge on any atom is 0.334 e. The second kappa shape index (κ2) is 5.54. The first-order chi connectivity index (χ1) is 8.99. The number of carbonyl (C=O) groups is 2. The van der Waals surface area contributed by atoms with Gasteiger partial charge in [-0.1, -0.05) is 0 Å². The van der Waals surface area contributed by atoms with E-state index >= 15 is 0 Å². The van der Waals surface area contributed by atoms with Gasteiger partial charge in [-0.2, -0.15) is 0 Å². The monoisotopic (exact) mass is 330 g/mol. The highest BCUT2D eigenvalue weighted by molar-refractivity contribution is 9.10. The Morgan fingerprint density at radius 2 is 2.26 bits per heavy atom. The number of H-pyrrole nitrogens is 1. The van der Waals surface area contributed by atoms with Crippen LogP contribution in [0.4, 0.5) is 0 Å². The van der Waals surface area contributed by atoms with Crippen molar-refractivity contribution in [2.24, 2.45) is 0 Å². The van der Waals surface area contributed by atoms with Crippen LogP contribution in [0.15, 0.2) is 21.5 Å². The Balaban J connectivity index is 2.16. The topological polar surface area (TPSA) is 99.7 Å². The van der Waals surface area contributed by atoms with E-state index in [0.29, 0.717) is 6.54 Å². The molecule has 102 valence electrons. The van der Waals surface area contributed by atoms with Crippen LogP contribution in [0.1, 0.15) is 10.4 Å². The lowest BCUT2D eigenvalue weighted by Gasteiger charge is -2.30. The third kappa shape index (κ3) is 3.02. The van der Waals surface area contributed by atoms with Gasteiger partial charge in [-0.05, 0) is 22.0 Å². The van der Waals surface area contributed by atoms with Gasteiger partial charge < -0.3 is 19.7 Å². The Kier molecular flexibility index (Phi) is 4.01. The number of morpholine rings is 1. The van der Waals surface area contributed by atoms with E-state index in [9.17, 15) is 14.4 Å². The van der Waals surface area contributed by atoms with Crippen molar-refractivity contribution in [3.8, 4) is 0 Å². The molecule has 7 nitrogen and oxygen atoms in total. The molecule has 1 saturated heterocycles. The van der Waals surface area contributed by atoms with E-state index in [4.69, 9.17) is 9.84 Å². The van der Waals surface area contributed by atoms with Gasteiger partial charge in [-0.15, -0.1) is 0 Å². The fourth-order valence-electron chi connectivity index (χ4n) is 1.75. The zero-order valence-corrected chi connectivity index (χ0v) is 11.3. The summed E-state index contributed by atoms with van der Waals surface area (Å²) in [6, 6.07) is 1.41. The van der Waals surface area contributed by atoms with Crippen molar-refractivity contribution in [1.29, 1.82) is 0 Å². The number of aromatic nitrogens is 1. The summed E-state index contributed by atoms with van der Waals surface area (Å²) in [5, 5.41) is 8.87. The number of aromatic amines is 1. The van der Waals surface area contributed by atoms with Crippen LogP contribution >= 0.6 is 15.9 Å². The molecule has 2 heterocycles. The highest BCUT2D eigenvalue weighted by Gasteiger charge is 2.29. The maximum absolute atomic E-state index is 12.2. The number of ether oxygens (including phenoxy) is 1. The highest BCUT2D eigenvalue weighted by atomic mass is 79.9. The van der Waals surface area contributed by atoms with Crippen molar-refractivity contribution in [2.75, 3.05) is 19.7 Å². The van der Waals surface area contributed by atoms with Crippen LogP contribution in [0.3, 0.4) is 0 Å². The number of amides is 1. The molecule has 0 bridgehead atoms. The van der Waals surface area contributed by atoms with Gasteiger partial charge in [0.15, 0.2) is 6.10 Å². The van der Waals surface area contributed by atoms with Gasteiger partial charge in [0, 0.05) is 12.7 Å². The molecule has 2 rings (SSSR count). The molecule has 0 saturated carbocycles. The van der Waals surface area contributed by atoms with Crippen LogP contribution in [-0.2, 0) is 9.53 Å². The molecule has 1 amide bonds. The summed E-state index contributed by atoms with van der Waals surface area (Å²) < 4.78 is 5.29. The normalized spacial score (nSPS) is 19.2. The van der Waals surface area contributed by atoms with Crippen LogP contribution in [0.2, 0.25) is 0 Å². The minimum absolute atomic E-state index is 0.00902. The Hall–Kier alpha value is -1.67. The maximum atomic E-state index is 12.2. The molecular weight excluding hydrogens is 320 g/mol. The number of rotatable bonds is 2. The standard InChI is InChI=1S/C11H11BrN2O5/c12-7-3-6(4-13-9(7)15)10(16)14-1-2-19-8(5-14)11(17)18/h3-4,8H,1-2,5H2,(H,13,15)(H,17,18). The van der Waals surface area contributed by atoms with E-state index in [1.165, 1.54) is 17.2 Å². The second-order valence-corrected chi connectivity index (χ2v) is 4.87. The van der Waals surface area contributed by atoms with Crippen molar-refractivity contribution < 1.29 is 19.4 Å². The van der Waals surface area contributed by atoms with Crippen LogP contribution < -0.4 is 5.56 Å². The molecule has 1 aromatic heterocycles. The molecule has 1 fully saturated rings. The Morgan fingerprint density at radius 1 is 1.53 bits per heavy atom. The minimum atomic E-state index is -1.10. The van der Waals surface area contributed by atoms with Gasteiger partial charge in [0.1, 0.15) is 0 Å². The number of hydrogen-bond donors (Lipinski definition) is 2. The minimum Gasteiger partial charge on any atom is -0.479 e. The van der Waals surface area contributed by atoms with E-state index in [2.05, 4.69) is 20.9 Å². The number of carboxylic acids is 1. The van der Waals surface area contributed by atoms with Crippen molar-refractivity contribution in [2.45, 2.75) is 6.10 Å². The molecular formula is C11H11BrN2O5. The number of nitrogens with zero attached hydrogens (tertiary/aromatic N) is 1. The number of halogens is 1. The lowest BCUT2D eigenvalue weighted by atomic mass is 10.2. The van der Waals surface area contributed by atoms with Gasteiger partial charge in [0.05, 0.1) is 23.2 Å². The molecule has 0 radical (unpaired) electrons. The third-order valence-corrected chi connectivity index (χ3v) is 3.32. The van der Waals surface area contributed by atoms with Gasteiger partial charge in [0.25, 0.3) is 11.5 Å². The molecule has 0 aromatic carbocycles. The van der Waals surface area contributed by atoms with E-state index in [1.54, 1.807) is 0 Å². The molecule has 1 aliphatic rings. The molecule has 8 heteroatoms. The zero-order valence-electron chi connectivity index (χ0n) is 9.76. The van der Waals surface area contributed by atoms with Crippen molar-refractivity contribution in [3.05, 3.63) is 32.7 Å². The third-order valence-electron chi connectivity index (χ3n) is 2.73. The summed E-state index contributed by atoms with van der Waals surface area (Å²) in [7, 11) is 0. The fourth-order valence-corrected chi connectivity index (χ4v) is 2.11. The number of carboxylic acid groups (broad SMARTS) is 1. The van der Waals surface area contributed by atoms with Crippen molar-refractivity contribution in [1.82, 2.24) is 9.88 Å². The quantitative estimate of drug-likeness (QED) is 0.798. The van der Waals surface area contributed by atoms with Crippen LogP contribution in [0.25, 0.3) is 0 Å². The fraction of sp³-hybridized carbons (Fsp3) is 0.364. The van der Waals surface area contributed by atoms with E-state index in [-0.39, 0.29) is 34.7 Å². The van der Waals surface area contributed by atoms with Gasteiger partial charge in [0.2, 0.25) is 0 Å². The molecule has 1 aliphatic heterocycles. The Morgan fingerprint density at radius 3 is 2.89 bits per heavy atom. The lowest BCUT2D eigenvalue weighted by molar-refractivity contribution is -0.154. The van der Waals surface area contributed by atoms with Gasteiger partial charge in [-0.3, -0.25) is 9.59 Å². The molecule has 1 unspecified atom stereocenters. The number of nitrogens with one attached hydrogen (secondary N) is 1. The summed E-state index contributed by atoms with van der Waals surface area (Å²) in [5.74, 6) is -1.44. The number of hydrogen-bond acceptors (Lipinski definition) is 4. The molecule has 19 heavy (non-hydrogen) atoms. The number of pyridine rings is 1. The molecule has 2 N–H and O–H groups in total. The molecule has 1 atom stereocenters. The predicted molar refractivity (Wildman–Crippen MR) is 68.0 cm³/mol. The number of carbonyl (C=O) groups excluding carboxylic acids is 1. The van der Waals surface area contributed by atoms with E-state index in [0.717, 1.165) is 0 Å². The highest BCUT2D eigenvalue weighted by Crippen LogP contribution is 2.12. The van der Waals surface area contributed by atoms with Crippen LogP contribution in [0, 0.1) is 0 Å². The summed E-state index contributed by atoms with van der Waals surface area (Å²) in [4.78, 5) is 38.0. The van der Waals surface area contributed by atoms with E-state index < -0.39 is 12.1 Å². The smallest absolute Gasteiger partial charge is 0.334 e. The molecule has 0 spiro atoms. The van der Waals surface area contributed by atoms with Crippen molar-refractivity contribution in [3.63, 3.8) is 0 Å². The number of aliphatic carboxylic acids is 1. The second-order valence-electron chi connectivity index (χ2n) is 4.01.